The van der Waals surface area contributed by atoms with E-state index in [1.54, 1.807) is 6.92 Å². The Morgan fingerprint density at radius 3 is 2.03 bits per heavy atom. The maximum Gasteiger partial charge on any atom is 0.422 e. The lowest BCUT2D eigenvalue weighted by Crippen LogP contribution is -2.69. The molecule has 0 bridgehead atoms. The number of benzene rings is 2. The molecule has 1 aliphatic heterocycles. The number of alkyl halides is 8. The predicted molar refractivity (Wildman–Crippen MR) is 111 cm³/mol. The summed E-state index contributed by atoms with van der Waals surface area (Å²) in [5.41, 5.74) is -9.01. The number of carboxylic acid groups (broad SMARTS) is 1. The van der Waals surface area contributed by atoms with E-state index < -0.39 is 77.4 Å². The summed E-state index contributed by atoms with van der Waals surface area (Å²) in [5, 5.41) is 12.7. The number of rotatable bonds is 7. The second-order valence-corrected chi connectivity index (χ2v) is 8.27. The van der Waals surface area contributed by atoms with Crippen LogP contribution in [0.25, 0.3) is 5.57 Å². The summed E-state index contributed by atoms with van der Waals surface area (Å²) in [6.07, 6.45) is -11.9. The summed E-state index contributed by atoms with van der Waals surface area (Å²) < 4.78 is 117. The molecule has 0 aromatic heterocycles. The van der Waals surface area contributed by atoms with Crippen molar-refractivity contribution in [3.05, 3.63) is 70.8 Å². The topological polar surface area (TPSA) is 78.5 Å². The van der Waals surface area contributed by atoms with Crippen molar-refractivity contribution in [1.29, 1.82) is 0 Å². The van der Waals surface area contributed by atoms with Crippen LogP contribution in [0.15, 0.2) is 54.1 Å². The van der Waals surface area contributed by atoms with Gasteiger partial charge in [-0.3, -0.25) is 4.79 Å². The summed E-state index contributed by atoms with van der Waals surface area (Å²) in [4.78, 5) is 24.2. The maximum absolute atomic E-state index is 16.0. The van der Waals surface area contributed by atoms with Gasteiger partial charge in [-0.05, 0) is 36.6 Å². The van der Waals surface area contributed by atoms with Crippen LogP contribution in [0.2, 0.25) is 0 Å². The van der Waals surface area contributed by atoms with Crippen LogP contribution in [-0.2, 0) is 15.1 Å². The first-order chi connectivity index (χ1) is 17.0. The molecule has 1 unspecified atom stereocenters. The molecule has 2 aromatic rings. The number of aryl methyl sites for hydroxylation is 1. The van der Waals surface area contributed by atoms with Crippen molar-refractivity contribution in [2.75, 3.05) is 6.61 Å². The molecule has 1 atom stereocenters. The average molecular weight is 536 g/mol. The Labute approximate surface area is 204 Å². The van der Waals surface area contributed by atoms with Gasteiger partial charge in [0.25, 0.3) is 5.91 Å². The number of hydrogen-bond acceptors (Lipinski definition) is 4. The van der Waals surface area contributed by atoms with Crippen LogP contribution in [0.4, 0.5) is 35.1 Å². The molecule has 5 nitrogen and oxygen atoms in total. The third-order valence-corrected chi connectivity index (χ3v) is 5.69. The number of ether oxygens (including phenoxy) is 1. The SMILES string of the molecule is Cc1ccc(C2=C(C(=O)[O-])C(=O)NC(c3ccc(OCCCC(F)(F)F)cc3)(C(F)(F)F)C2(F)F)cc1. The van der Waals surface area contributed by atoms with Crippen LogP contribution < -0.4 is 15.2 Å². The van der Waals surface area contributed by atoms with Crippen molar-refractivity contribution < 1.29 is 54.6 Å². The van der Waals surface area contributed by atoms with E-state index in [1.807, 2.05) is 0 Å². The van der Waals surface area contributed by atoms with Gasteiger partial charge in [0.05, 0.1) is 18.1 Å². The second kappa shape index (κ2) is 9.67. The largest absolute Gasteiger partial charge is 0.545 e. The van der Waals surface area contributed by atoms with Crippen LogP contribution in [-0.4, -0.2) is 36.8 Å². The van der Waals surface area contributed by atoms with Crippen LogP contribution in [0, 0.1) is 6.92 Å². The highest BCUT2D eigenvalue weighted by Crippen LogP contribution is 2.57. The molecule has 0 spiro atoms. The number of carbonyl (C=O) groups excluding carboxylic acids is 2. The standard InChI is InChI=1S/C24H19F8NO4/c1-13-3-5-14(6-4-13)18-17(20(35)36)19(34)33-22(23(18,28)29,24(30,31)32)15-7-9-16(10-8-15)37-12-2-11-21(25,26)27/h3-10H,2,11-12H2,1H3,(H,33,34)(H,35,36)/p-1. The highest BCUT2D eigenvalue weighted by Gasteiger charge is 2.75. The number of nitrogens with one attached hydrogen (secondary N) is 1. The third-order valence-electron chi connectivity index (χ3n) is 5.69. The number of hydrogen-bond donors (Lipinski definition) is 1. The molecule has 0 saturated carbocycles. The molecule has 1 amide bonds. The van der Waals surface area contributed by atoms with Gasteiger partial charge >= 0.3 is 18.3 Å². The summed E-state index contributed by atoms with van der Waals surface area (Å²) >= 11 is 0. The van der Waals surface area contributed by atoms with Crippen LogP contribution in [0.1, 0.15) is 29.5 Å². The van der Waals surface area contributed by atoms with Crippen LogP contribution in [0.5, 0.6) is 5.75 Å². The number of carboxylic acids is 1. The van der Waals surface area contributed by atoms with Crippen molar-refractivity contribution in [3.8, 4) is 5.75 Å². The summed E-state index contributed by atoms with van der Waals surface area (Å²) in [6, 6.07) is 7.19. The van der Waals surface area contributed by atoms with Gasteiger partial charge in [0, 0.05) is 12.0 Å². The Morgan fingerprint density at radius 2 is 1.54 bits per heavy atom. The zero-order valence-corrected chi connectivity index (χ0v) is 18.9. The van der Waals surface area contributed by atoms with E-state index >= 15 is 8.78 Å². The maximum atomic E-state index is 16.0. The summed E-state index contributed by atoms with van der Waals surface area (Å²) in [6.45, 7) is 1.10. The van der Waals surface area contributed by atoms with E-state index in [2.05, 4.69) is 0 Å². The smallest absolute Gasteiger partial charge is 0.422 e. The van der Waals surface area contributed by atoms with E-state index in [9.17, 15) is 41.0 Å². The van der Waals surface area contributed by atoms with Crippen molar-refractivity contribution in [3.63, 3.8) is 0 Å². The fraction of sp³-hybridized carbons (Fsp3) is 0.333. The molecule has 3 rings (SSSR count). The summed E-state index contributed by atoms with van der Waals surface area (Å²) in [7, 11) is 0. The Hall–Kier alpha value is -3.64. The number of amides is 1. The molecule has 13 heteroatoms. The quantitative estimate of drug-likeness (QED) is 0.323. The van der Waals surface area contributed by atoms with Crippen LogP contribution in [0.3, 0.4) is 0 Å². The minimum absolute atomic E-state index is 0.210. The normalized spacial score (nSPS) is 20.0. The van der Waals surface area contributed by atoms with Gasteiger partial charge in [0.2, 0.25) is 5.54 Å². The molecule has 0 saturated heterocycles. The van der Waals surface area contributed by atoms with E-state index in [-0.39, 0.29) is 5.75 Å². The fourth-order valence-corrected chi connectivity index (χ4v) is 3.94. The van der Waals surface area contributed by atoms with Crippen molar-refractivity contribution in [2.45, 2.75) is 43.6 Å². The summed E-state index contributed by atoms with van der Waals surface area (Å²) in [5.74, 6) is -9.60. The van der Waals surface area contributed by atoms with Crippen LogP contribution >= 0.6 is 0 Å². The van der Waals surface area contributed by atoms with Gasteiger partial charge in [-0.15, -0.1) is 0 Å². The molecular weight excluding hydrogens is 518 g/mol. The van der Waals surface area contributed by atoms with E-state index in [0.29, 0.717) is 17.7 Å². The van der Waals surface area contributed by atoms with Gasteiger partial charge in [-0.1, -0.05) is 42.0 Å². The van der Waals surface area contributed by atoms with Gasteiger partial charge in [-0.25, -0.2) is 0 Å². The fourth-order valence-electron chi connectivity index (χ4n) is 3.94. The molecule has 2 aromatic carbocycles. The van der Waals surface area contributed by atoms with E-state index in [0.717, 1.165) is 29.6 Å². The van der Waals surface area contributed by atoms with Crippen molar-refractivity contribution >= 4 is 17.4 Å². The second-order valence-electron chi connectivity index (χ2n) is 8.27. The zero-order chi connectivity index (χ0) is 27.8. The van der Waals surface area contributed by atoms with E-state index in [4.69, 9.17) is 4.74 Å². The minimum Gasteiger partial charge on any atom is -0.545 e. The average Bonchev–Trinajstić information content (AvgIpc) is 2.77. The molecule has 37 heavy (non-hydrogen) atoms. The monoisotopic (exact) mass is 536 g/mol. The van der Waals surface area contributed by atoms with Gasteiger partial charge < -0.3 is 20.0 Å². The lowest BCUT2D eigenvalue weighted by Gasteiger charge is -2.47. The van der Waals surface area contributed by atoms with Crippen molar-refractivity contribution in [1.82, 2.24) is 5.32 Å². The number of halogens is 8. The molecule has 0 fully saturated rings. The van der Waals surface area contributed by atoms with Crippen molar-refractivity contribution in [2.24, 2.45) is 0 Å². The number of aliphatic carboxylic acids is 1. The Balaban J connectivity index is 2.11. The first kappa shape index (κ1) is 27.9. The van der Waals surface area contributed by atoms with Gasteiger partial charge in [-0.2, -0.15) is 35.1 Å². The lowest BCUT2D eigenvalue weighted by molar-refractivity contribution is -0.300. The highest BCUT2D eigenvalue weighted by atomic mass is 19.4. The first-order valence-corrected chi connectivity index (χ1v) is 10.6. The van der Waals surface area contributed by atoms with Gasteiger partial charge in [0.15, 0.2) is 0 Å². The van der Waals surface area contributed by atoms with Gasteiger partial charge in [0.1, 0.15) is 5.75 Å². The minimum atomic E-state index is -5.85. The lowest BCUT2D eigenvalue weighted by atomic mass is 9.73. The molecule has 0 radical (unpaired) electrons. The molecular formula is C24H18F8NO4-. The molecule has 1 aliphatic rings. The Morgan fingerprint density at radius 1 is 0.973 bits per heavy atom. The van der Waals surface area contributed by atoms with E-state index in [1.165, 1.54) is 12.1 Å². The molecule has 0 aliphatic carbocycles. The first-order valence-electron chi connectivity index (χ1n) is 10.6. The number of carbonyl (C=O) groups is 2. The Kier molecular flexibility index (Phi) is 7.30. The highest BCUT2D eigenvalue weighted by molar-refractivity contribution is 6.23. The molecule has 1 heterocycles. The third kappa shape index (κ3) is 5.25. The molecule has 1 N–H and O–H groups in total. The molecule has 200 valence electrons. The zero-order valence-electron chi connectivity index (χ0n) is 18.9. The predicted octanol–water partition coefficient (Wildman–Crippen LogP) is 4.44. The Bertz CT molecular complexity index is 1200.